The van der Waals surface area contributed by atoms with Crippen LogP contribution in [0.2, 0.25) is 0 Å². The van der Waals surface area contributed by atoms with E-state index in [-0.39, 0.29) is 5.52 Å². The van der Waals surface area contributed by atoms with E-state index in [2.05, 4.69) is 4.98 Å². The Labute approximate surface area is 121 Å². The number of carboxylic acids is 1. The Kier molecular flexibility index (Phi) is 3.37. The lowest BCUT2D eigenvalue weighted by Crippen LogP contribution is -2.18. The van der Waals surface area contributed by atoms with Crippen molar-refractivity contribution in [3.63, 3.8) is 0 Å². The highest BCUT2D eigenvalue weighted by molar-refractivity contribution is 7.18. The van der Waals surface area contributed by atoms with Gasteiger partial charge in [-0.15, -0.1) is 11.3 Å². The molecule has 2 heterocycles. The lowest BCUT2D eigenvalue weighted by Gasteiger charge is -2.07. The Bertz CT molecular complexity index is 698. The number of nitrogens with zero attached hydrogens (tertiary/aromatic N) is 1. The summed E-state index contributed by atoms with van der Waals surface area (Å²) in [6.07, 6.45) is -4.85. The molecule has 4 nitrogen and oxygen atoms in total. The van der Waals surface area contributed by atoms with Gasteiger partial charge in [-0.05, 0) is 31.0 Å². The lowest BCUT2D eigenvalue weighted by molar-refractivity contribution is -0.149. The van der Waals surface area contributed by atoms with Gasteiger partial charge in [0.25, 0.3) is 0 Å². The highest BCUT2D eigenvalue weighted by Gasteiger charge is 2.34. The predicted octanol–water partition coefficient (Wildman–Crippen LogP) is 3.62. The summed E-state index contributed by atoms with van der Waals surface area (Å²) in [5, 5.41) is 9.40. The Balaban J connectivity index is 1.90. The molecular formula is C13H10F3NO3S. The van der Waals surface area contributed by atoms with Crippen LogP contribution in [-0.4, -0.2) is 22.2 Å². The molecule has 8 heteroatoms. The number of hydrogen-bond acceptors (Lipinski definition) is 4. The molecule has 0 bridgehead atoms. The molecule has 1 saturated heterocycles. The van der Waals surface area contributed by atoms with E-state index in [9.17, 15) is 18.0 Å². The van der Waals surface area contributed by atoms with Crippen LogP contribution >= 0.6 is 11.3 Å². The van der Waals surface area contributed by atoms with E-state index < -0.39 is 29.9 Å². The highest BCUT2D eigenvalue weighted by atomic mass is 32.1. The Morgan fingerprint density at radius 2 is 2.14 bits per heavy atom. The lowest BCUT2D eigenvalue weighted by atomic mass is 10.2. The second-order valence-electron chi connectivity index (χ2n) is 4.76. The number of alkyl halides is 3. The third-order valence-electron chi connectivity index (χ3n) is 3.30. The van der Waals surface area contributed by atoms with Crippen molar-refractivity contribution in [1.29, 1.82) is 0 Å². The standard InChI is InChI=1S/C13H10F3NO3S/c14-13(15,16)6-1-4-10-7(5-6)17-11(21-10)8-2-3-9(20-8)12(18)19/h1,4-5,8-9H,2-3H2,(H,18,19). The van der Waals surface area contributed by atoms with Crippen LogP contribution in [0.3, 0.4) is 0 Å². The zero-order valence-electron chi connectivity index (χ0n) is 10.6. The zero-order valence-corrected chi connectivity index (χ0v) is 11.4. The van der Waals surface area contributed by atoms with Gasteiger partial charge in [-0.2, -0.15) is 13.2 Å². The third kappa shape index (κ3) is 2.73. The van der Waals surface area contributed by atoms with Gasteiger partial charge in [-0.3, -0.25) is 0 Å². The van der Waals surface area contributed by atoms with Crippen molar-refractivity contribution in [2.45, 2.75) is 31.2 Å². The first-order valence-electron chi connectivity index (χ1n) is 6.20. The Morgan fingerprint density at radius 3 is 2.76 bits per heavy atom. The van der Waals surface area contributed by atoms with E-state index in [1.165, 1.54) is 17.4 Å². The minimum Gasteiger partial charge on any atom is -0.479 e. The molecular weight excluding hydrogens is 307 g/mol. The van der Waals surface area contributed by atoms with Crippen LogP contribution in [0.25, 0.3) is 10.2 Å². The van der Waals surface area contributed by atoms with Gasteiger partial charge in [0, 0.05) is 0 Å². The maximum absolute atomic E-state index is 12.6. The Hall–Kier alpha value is -1.67. The number of fused-ring (bicyclic) bond motifs is 1. The summed E-state index contributed by atoms with van der Waals surface area (Å²) in [4.78, 5) is 15.0. The van der Waals surface area contributed by atoms with E-state index >= 15 is 0 Å². The number of halogens is 3. The van der Waals surface area contributed by atoms with Crippen molar-refractivity contribution >= 4 is 27.5 Å². The molecule has 2 unspecified atom stereocenters. The van der Waals surface area contributed by atoms with Crippen LogP contribution in [0.5, 0.6) is 0 Å². The van der Waals surface area contributed by atoms with Crippen LogP contribution in [-0.2, 0) is 15.7 Å². The number of aromatic nitrogens is 1. The fourth-order valence-electron chi connectivity index (χ4n) is 2.26. The molecule has 2 aromatic rings. The molecule has 3 rings (SSSR count). The molecule has 112 valence electrons. The van der Waals surface area contributed by atoms with Gasteiger partial charge in [0.15, 0.2) is 6.10 Å². The summed E-state index contributed by atoms with van der Waals surface area (Å²) in [7, 11) is 0. The summed E-state index contributed by atoms with van der Waals surface area (Å²) >= 11 is 1.23. The number of hydrogen-bond donors (Lipinski definition) is 1. The van der Waals surface area contributed by atoms with E-state index in [0.29, 0.717) is 22.5 Å². The Morgan fingerprint density at radius 1 is 1.38 bits per heavy atom. The second-order valence-corrected chi connectivity index (χ2v) is 5.82. The minimum atomic E-state index is -4.41. The molecule has 21 heavy (non-hydrogen) atoms. The normalized spacial score (nSPS) is 22.8. The van der Waals surface area contributed by atoms with E-state index in [0.717, 1.165) is 12.1 Å². The summed E-state index contributed by atoms with van der Waals surface area (Å²) in [5.74, 6) is -1.03. The number of benzene rings is 1. The van der Waals surface area contributed by atoms with Crippen LogP contribution < -0.4 is 0 Å². The minimum absolute atomic E-state index is 0.257. The molecule has 0 saturated carbocycles. The molecule has 1 fully saturated rings. The quantitative estimate of drug-likeness (QED) is 0.919. The number of carboxylic acid groups (broad SMARTS) is 1. The third-order valence-corrected chi connectivity index (χ3v) is 4.43. The van der Waals surface area contributed by atoms with Crippen molar-refractivity contribution in [2.75, 3.05) is 0 Å². The van der Waals surface area contributed by atoms with Crippen molar-refractivity contribution in [3.05, 3.63) is 28.8 Å². The van der Waals surface area contributed by atoms with Crippen LogP contribution in [0, 0.1) is 0 Å². The highest BCUT2D eigenvalue weighted by Crippen LogP contribution is 2.38. The number of rotatable bonds is 2. The first kappa shape index (κ1) is 14.3. The predicted molar refractivity (Wildman–Crippen MR) is 69.1 cm³/mol. The number of thiazole rings is 1. The second kappa shape index (κ2) is 4.96. The molecule has 0 amide bonds. The molecule has 0 aliphatic carbocycles. The zero-order chi connectivity index (χ0) is 15.2. The fraction of sp³-hybridized carbons (Fsp3) is 0.385. The number of carbonyl (C=O) groups is 1. The largest absolute Gasteiger partial charge is 0.479 e. The maximum atomic E-state index is 12.6. The van der Waals surface area contributed by atoms with Gasteiger partial charge in [0.1, 0.15) is 11.1 Å². The molecule has 1 aromatic carbocycles. The van der Waals surface area contributed by atoms with Gasteiger partial charge in [0.05, 0.1) is 15.8 Å². The van der Waals surface area contributed by atoms with Crippen LogP contribution in [0.4, 0.5) is 13.2 Å². The maximum Gasteiger partial charge on any atom is 0.416 e. The van der Waals surface area contributed by atoms with Crippen molar-refractivity contribution in [1.82, 2.24) is 4.98 Å². The summed E-state index contributed by atoms with van der Waals surface area (Å²) in [5.41, 5.74) is -0.491. The van der Waals surface area contributed by atoms with Gasteiger partial charge < -0.3 is 9.84 Å². The smallest absolute Gasteiger partial charge is 0.416 e. The van der Waals surface area contributed by atoms with Gasteiger partial charge in [-0.25, -0.2) is 9.78 Å². The van der Waals surface area contributed by atoms with Gasteiger partial charge in [-0.1, -0.05) is 0 Å². The monoisotopic (exact) mass is 317 g/mol. The van der Waals surface area contributed by atoms with Gasteiger partial charge in [0.2, 0.25) is 0 Å². The molecule has 1 aliphatic rings. The van der Waals surface area contributed by atoms with Crippen molar-refractivity contribution < 1.29 is 27.8 Å². The summed E-state index contributed by atoms with van der Waals surface area (Å²) in [6.45, 7) is 0. The van der Waals surface area contributed by atoms with Crippen LogP contribution in [0.1, 0.15) is 29.5 Å². The molecule has 1 N–H and O–H groups in total. The topological polar surface area (TPSA) is 59.4 Å². The van der Waals surface area contributed by atoms with E-state index in [1.54, 1.807) is 0 Å². The first-order chi connectivity index (χ1) is 9.84. The van der Waals surface area contributed by atoms with Crippen molar-refractivity contribution in [3.8, 4) is 0 Å². The van der Waals surface area contributed by atoms with E-state index in [4.69, 9.17) is 9.84 Å². The van der Waals surface area contributed by atoms with Gasteiger partial charge >= 0.3 is 12.1 Å². The molecule has 1 aromatic heterocycles. The first-order valence-corrected chi connectivity index (χ1v) is 7.02. The van der Waals surface area contributed by atoms with Crippen LogP contribution in [0.15, 0.2) is 18.2 Å². The summed E-state index contributed by atoms with van der Waals surface area (Å²) in [6, 6.07) is 3.39. The fourth-order valence-corrected chi connectivity index (χ4v) is 3.28. The summed E-state index contributed by atoms with van der Waals surface area (Å²) < 4.78 is 43.9. The molecule has 0 radical (unpaired) electrons. The molecule has 0 spiro atoms. The molecule has 2 atom stereocenters. The number of ether oxygens (including phenoxy) is 1. The van der Waals surface area contributed by atoms with Crippen molar-refractivity contribution in [2.24, 2.45) is 0 Å². The van der Waals surface area contributed by atoms with E-state index in [1.807, 2.05) is 0 Å². The molecule has 1 aliphatic heterocycles. The SMILES string of the molecule is O=C(O)C1CCC(c2nc3cc(C(F)(F)F)ccc3s2)O1. The average molecular weight is 317 g/mol. The number of aliphatic carboxylic acids is 1. The average Bonchev–Trinajstić information content (AvgIpc) is 3.03.